The van der Waals surface area contributed by atoms with Crippen molar-refractivity contribution in [2.75, 3.05) is 11.6 Å². The van der Waals surface area contributed by atoms with E-state index >= 15 is 0 Å². The van der Waals surface area contributed by atoms with Crippen LogP contribution in [-0.2, 0) is 9.53 Å². The summed E-state index contributed by atoms with van der Waals surface area (Å²) in [5.41, 5.74) is 3.84. The van der Waals surface area contributed by atoms with E-state index in [1.807, 2.05) is 0 Å². The molecule has 3 rings (SSSR count). The maximum atomic E-state index is 12.7. The summed E-state index contributed by atoms with van der Waals surface area (Å²) < 4.78 is 5.43. The van der Waals surface area contributed by atoms with E-state index in [9.17, 15) is 9.59 Å². The lowest BCUT2D eigenvalue weighted by Gasteiger charge is -2.19. The van der Waals surface area contributed by atoms with E-state index in [1.54, 1.807) is 18.2 Å². The highest BCUT2D eigenvalue weighted by molar-refractivity contribution is 6.41. The van der Waals surface area contributed by atoms with Crippen molar-refractivity contribution in [2.24, 2.45) is 4.99 Å². The number of ether oxygens (including phenoxy) is 1. The zero-order chi connectivity index (χ0) is 28.9. The van der Waals surface area contributed by atoms with Crippen LogP contribution in [-0.4, -0.2) is 24.3 Å². The quantitative estimate of drug-likeness (QED) is 0.148. The number of nitrogens with zero attached hydrogens (tertiary/aromatic N) is 2. The van der Waals surface area contributed by atoms with Crippen LogP contribution in [0.1, 0.15) is 101 Å². The van der Waals surface area contributed by atoms with Gasteiger partial charge in [-0.2, -0.15) is 0 Å². The van der Waals surface area contributed by atoms with Crippen LogP contribution in [0.5, 0.6) is 0 Å². The van der Waals surface area contributed by atoms with Crippen LogP contribution in [0.3, 0.4) is 0 Å². The second kappa shape index (κ2) is 17.1. The molecular weight excluding hydrogens is 592 g/mol. The van der Waals surface area contributed by atoms with Gasteiger partial charge in [0.05, 0.1) is 39.3 Å². The molecule has 218 valence electrons. The van der Waals surface area contributed by atoms with Crippen molar-refractivity contribution in [1.82, 2.24) is 5.43 Å². The second-order valence-corrected chi connectivity index (χ2v) is 11.6. The van der Waals surface area contributed by atoms with E-state index in [0.717, 1.165) is 19.3 Å². The van der Waals surface area contributed by atoms with Gasteiger partial charge in [-0.25, -0.2) is 14.8 Å². The number of hydrogen-bond donors (Lipinski definition) is 1. The molecule has 0 radical (unpaired) electrons. The number of amides is 1. The fourth-order valence-corrected chi connectivity index (χ4v) is 5.61. The van der Waals surface area contributed by atoms with E-state index in [2.05, 4.69) is 17.3 Å². The van der Waals surface area contributed by atoms with E-state index < -0.39 is 5.97 Å². The molecule has 1 saturated heterocycles. The van der Waals surface area contributed by atoms with E-state index in [-0.39, 0.29) is 33.6 Å². The van der Waals surface area contributed by atoms with Gasteiger partial charge < -0.3 is 4.74 Å². The standard InChI is InChI=1S/C30H37Cl4N3O3/c1-2-3-4-5-6-7-8-9-10-11-12-13-16-40-30(39)21-17-24(33)29(25(34)18-21)37-28(38)20-27(36-37)35-26-15-14-22(31)19-23(26)32/h14-15,17-19H,2-13,16,20H2,1H3,(H,35,36). The Morgan fingerprint density at radius 1 is 0.850 bits per heavy atom. The van der Waals surface area contributed by atoms with Crippen molar-refractivity contribution >= 4 is 75.5 Å². The van der Waals surface area contributed by atoms with Crippen LogP contribution in [0, 0.1) is 0 Å². The lowest BCUT2D eigenvalue weighted by Crippen LogP contribution is -2.36. The molecule has 0 saturated carbocycles. The highest BCUT2D eigenvalue weighted by atomic mass is 35.5. The number of halogens is 4. The molecule has 40 heavy (non-hydrogen) atoms. The molecule has 0 spiro atoms. The number of nitrogens with one attached hydrogen (secondary N) is 1. The Labute approximate surface area is 257 Å². The third-order valence-corrected chi connectivity index (χ3v) is 7.80. The van der Waals surface area contributed by atoms with E-state index in [4.69, 9.17) is 51.1 Å². The first-order valence-corrected chi connectivity index (χ1v) is 15.6. The van der Waals surface area contributed by atoms with Crippen LogP contribution >= 0.6 is 46.4 Å². The molecule has 0 atom stereocenters. The number of hydrogen-bond acceptors (Lipinski definition) is 4. The van der Waals surface area contributed by atoms with Crippen LogP contribution in [0.25, 0.3) is 0 Å². The average molecular weight is 629 g/mol. The van der Waals surface area contributed by atoms with Gasteiger partial charge in [-0.15, -0.1) is 0 Å². The van der Waals surface area contributed by atoms with E-state index in [1.165, 1.54) is 74.9 Å². The number of amidine groups is 1. The van der Waals surface area contributed by atoms with Crippen LogP contribution < -0.4 is 10.4 Å². The summed E-state index contributed by atoms with van der Waals surface area (Å²) in [6, 6.07) is 7.79. The van der Waals surface area contributed by atoms with Crippen molar-refractivity contribution in [1.29, 1.82) is 0 Å². The zero-order valence-corrected chi connectivity index (χ0v) is 25.9. The highest BCUT2D eigenvalue weighted by Crippen LogP contribution is 2.36. The molecular formula is C30H37Cl4N3O3. The summed E-state index contributed by atoms with van der Waals surface area (Å²) in [7, 11) is 0. The molecule has 6 nitrogen and oxygen atoms in total. The predicted molar refractivity (Wildman–Crippen MR) is 167 cm³/mol. The fourth-order valence-electron chi connectivity index (χ4n) is 4.50. The molecule has 0 unspecified atom stereocenters. The van der Waals surface area contributed by atoms with Crippen LogP contribution in [0.4, 0.5) is 11.4 Å². The summed E-state index contributed by atoms with van der Waals surface area (Å²) in [5.74, 6) is -0.444. The van der Waals surface area contributed by atoms with Crippen molar-refractivity contribution < 1.29 is 14.3 Å². The monoisotopic (exact) mass is 627 g/mol. The number of anilines is 1. The summed E-state index contributed by atoms with van der Waals surface area (Å²) >= 11 is 25.0. The summed E-state index contributed by atoms with van der Waals surface area (Å²) in [5, 5.41) is 2.33. The summed E-state index contributed by atoms with van der Waals surface area (Å²) in [6.45, 7) is 2.58. The number of rotatable bonds is 16. The van der Waals surface area contributed by atoms with Gasteiger partial charge >= 0.3 is 5.97 Å². The molecule has 0 bridgehead atoms. The number of aliphatic imine (C=N–C) groups is 1. The smallest absolute Gasteiger partial charge is 0.338 e. The maximum absolute atomic E-state index is 12.7. The Balaban J connectivity index is 1.43. The molecule has 0 aromatic heterocycles. The lowest BCUT2D eigenvalue weighted by atomic mass is 10.1. The Bertz CT molecular complexity index is 1170. The van der Waals surface area contributed by atoms with Gasteiger partial charge in [-0.1, -0.05) is 124 Å². The fraction of sp³-hybridized carbons (Fsp3) is 0.500. The van der Waals surface area contributed by atoms with Gasteiger partial charge in [-0.05, 0) is 36.8 Å². The minimum Gasteiger partial charge on any atom is -0.462 e. The van der Waals surface area contributed by atoms with E-state index in [0.29, 0.717) is 28.2 Å². The molecule has 1 aliphatic rings. The largest absolute Gasteiger partial charge is 0.462 e. The molecule has 2 aromatic carbocycles. The molecule has 1 amide bonds. The molecule has 0 aliphatic carbocycles. The van der Waals surface area contributed by atoms with Gasteiger partial charge in [0, 0.05) is 5.02 Å². The Morgan fingerprint density at radius 3 is 2.00 bits per heavy atom. The SMILES string of the molecule is CCCCCCCCCCCCCCOC(=O)c1cc(Cl)c(N2NC(=Nc3ccc(Cl)cc3Cl)CC2=O)c(Cl)c1. The summed E-state index contributed by atoms with van der Waals surface area (Å²) in [6.07, 6.45) is 14.8. The number of carbonyl (C=O) groups is 2. The van der Waals surface area contributed by atoms with Gasteiger partial charge in [0.15, 0.2) is 0 Å². The average Bonchev–Trinajstić information content (AvgIpc) is 3.27. The first kappa shape index (κ1) is 32.5. The molecule has 1 heterocycles. The third-order valence-electron chi connectivity index (χ3n) is 6.68. The Kier molecular flexibility index (Phi) is 13.9. The minimum atomic E-state index is -0.501. The number of hydrazine groups is 1. The predicted octanol–water partition coefficient (Wildman–Crippen LogP) is 10.1. The van der Waals surface area contributed by atoms with Crippen LogP contribution in [0.15, 0.2) is 35.3 Å². The zero-order valence-electron chi connectivity index (χ0n) is 22.9. The molecule has 2 aromatic rings. The number of carbonyl (C=O) groups excluding carboxylic acids is 2. The van der Waals surface area contributed by atoms with Gasteiger partial charge in [0.2, 0.25) is 0 Å². The molecule has 10 heteroatoms. The third kappa shape index (κ3) is 10.1. The molecule has 1 N–H and O–H groups in total. The lowest BCUT2D eigenvalue weighted by molar-refractivity contribution is -0.116. The number of benzene rings is 2. The van der Waals surface area contributed by atoms with Crippen molar-refractivity contribution in [3.8, 4) is 0 Å². The van der Waals surface area contributed by atoms with Gasteiger partial charge in [-0.3, -0.25) is 10.2 Å². The first-order chi connectivity index (χ1) is 19.3. The van der Waals surface area contributed by atoms with Gasteiger partial charge in [0.25, 0.3) is 5.91 Å². The number of unbranched alkanes of at least 4 members (excludes halogenated alkanes) is 11. The minimum absolute atomic E-state index is 0.00550. The molecule has 1 fully saturated rings. The Hall–Kier alpha value is -1.99. The van der Waals surface area contributed by atoms with Crippen LogP contribution in [0.2, 0.25) is 20.1 Å². The van der Waals surface area contributed by atoms with Crippen molar-refractivity contribution in [2.45, 2.75) is 90.4 Å². The second-order valence-electron chi connectivity index (χ2n) is 9.99. The first-order valence-electron chi connectivity index (χ1n) is 14.1. The highest BCUT2D eigenvalue weighted by Gasteiger charge is 2.31. The number of esters is 1. The van der Waals surface area contributed by atoms with Crippen molar-refractivity contribution in [3.05, 3.63) is 56.0 Å². The topological polar surface area (TPSA) is 71.0 Å². The maximum Gasteiger partial charge on any atom is 0.338 e. The summed E-state index contributed by atoms with van der Waals surface area (Å²) in [4.78, 5) is 29.7. The molecule has 1 aliphatic heterocycles. The van der Waals surface area contributed by atoms with Crippen molar-refractivity contribution in [3.63, 3.8) is 0 Å². The Morgan fingerprint density at radius 2 is 1.43 bits per heavy atom. The normalized spacial score (nSPS) is 14.2. The van der Waals surface area contributed by atoms with Gasteiger partial charge in [0.1, 0.15) is 11.5 Å².